The summed E-state index contributed by atoms with van der Waals surface area (Å²) in [5.74, 6) is 0.447. The fraction of sp³-hybridized carbons (Fsp3) is 0.214. The van der Waals surface area contributed by atoms with Crippen LogP contribution in [0.4, 0.5) is 0 Å². The minimum absolute atomic E-state index is 0.0901. The van der Waals surface area contributed by atoms with Gasteiger partial charge in [0.2, 0.25) is 0 Å². The first-order valence-corrected chi connectivity index (χ1v) is 11.8. The van der Waals surface area contributed by atoms with Gasteiger partial charge in [-0.15, -0.1) is 0 Å². The van der Waals surface area contributed by atoms with Crippen molar-refractivity contribution in [1.82, 2.24) is 0 Å². The molecule has 1 unspecified atom stereocenters. The summed E-state index contributed by atoms with van der Waals surface area (Å²) >= 11 is 12.6. The largest absolute Gasteiger partial charge is 0.508 e. The van der Waals surface area contributed by atoms with E-state index < -0.39 is 6.10 Å². The molecule has 0 fully saturated rings. The highest BCUT2D eigenvalue weighted by molar-refractivity contribution is 6.32. The Balaban J connectivity index is 1.73. The topological polar surface area (TPSA) is 80.9 Å². The zero-order valence-electron chi connectivity index (χ0n) is 18.9. The number of benzene rings is 3. The van der Waals surface area contributed by atoms with Crippen molar-refractivity contribution in [1.29, 1.82) is 0 Å². The molecule has 0 heterocycles. The van der Waals surface area contributed by atoms with Crippen LogP contribution in [-0.2, 0) is 12.8 Å². The lowest BCUT2D eigenvalue weighted by molar-refractivity contribution is 0.224. The first kappa shape index (κ1) is 24.2. The van der Waals surface area contributed by atoms with Gasteiger partial charge in [-0.1, -0.05) is 35.3 Å². The number of aryl methyl sites for hydroxylation is 2. The van der Waals surface area contributed by atoms with Crippen LogP contribution in [0.2, 0.25) is 5.02 Å². The van der Waals surface area contributed by atoms with Crippen LogP contribution in [0, 0.1) is 13.8 Å². The summed E-state index contributed by atoms with van der Waals surface area (Å²) in [6.07, 6.45) is 4.27. The smallest absolute Gasteiger partial charge is 0.119 e. The van der Waals surface area contributed by atoms with Crippen molar-refractivity contribution in [2.45, 2.75) is 39.2 Å². The Bertz CT molecular complexity index is 1320. The number of hydrogen-bond donors (Lipinski definition) is 4. The minimum atomic E-state index is -0.585. The average Bonchev–Trinajstić information content (AvgIpc) is 2.75. The monoisotopic (exact) mass is 496 g/mol. The van der Waals surface area contributed by atoms with Crippen LogP contribution in [0.15, 0.2) is 65.2 Å². The highest BCUT2D eigenvalue weighted by Gasteiger charge is 2.18. The third kappa shape index (κ3) is 5.10. The molecule has 1 atom stereocenters. The summed E-state index contributed by atoms with van der Waals surface area (Å²) in [5.41, 5.74) is 6.77. The first-order chi connectivity index (χ1) is 16.1. The Morgan fingerprint density at radius 1 is 0.794 bits per heavy atom. The van der Waals surface area contributed by atoms with E-state index in [0.29, 0.717) is 34.9 Å². The SMILES string of the molecule is Cc1cc(O)c(CC2=CCC(O)C=C2Cl)cc1-c1cc(Cc2ccc(O)cc2Cl)c(O)cc1C. The highest BCUT2D eigenvalue weighted by atomic mass is 35.5. The molecule has 0 saturated heterocycles. The molecule has 0 saturated carbocycles. The lowest BCUT2D eigenvalue weighted by Crippen LogP contribution is -2.08. The summed E-state index contributed by atoms with van der Waals surface area (Å²) < 4.78 is 0. The van der Waals surface area contributed by atoms with Crippen molar-refractivity contribution in [3.63, 3.8) is 0 Å². The van der Waals surface area contributed by atoms with Gasteiger partial charge >= 0.3 is 0 Å². The maximum atomic E-state index is 10.6. The van der Waals surface area contributed by atoms with Crippen molar-refractivity contribution in [2.75, 3.05) is 0 Å². The molecule has 0 bridgehead atoms. The van der Waals surface area contributed by atoms with Gasteiger partial charge in [-0.2, -0.15) is 0 Å². The maximum Gasteiger partial charge on any atom is 0.119 e. The molecule has 4 rings (SSSR count). The summed E-state index contributed by atoms with van der Waals surface area (Å²) in [6, 6.07) is 12.2. The number of phenolic OH excluding ortho intramolecular Hbond substituents is 3. The molecule has 3 aromatic carbocycles. The second-order valence-corrected chi connectivity index (χ2v) is 9.58. The van der Waals surface area contributed by atoms with E-state index in [1.807, 2.05) is 32.1 Å². The molecule has 4 N–H and O–H groups in total. The quantitative estimate of drug-likeness (QED) is 0.317. The van der Waals surface area contributed by atoms with Gasteiger partial charge in [0.1, 0.15) is 17.2 Å². The molecule has 0 radical (unpaired) electrons. The number of halogens is 2. The van der Waals surface area contributed by atoms with Crippen molar-refractivity contribution >= 4 is 23.2 Å². The summed E-state index contributed by atoms with van der Waals surface area (Å²) in [7, 11) is 0. The van der Waals surface area contributed by atoms with Gasteiger partial charge in [-0.3, -0.25) is 0 Å². The Morgan fingerprint density at radius 3 is 1.94 bits per heavy atom. The number of rotatable bonds is 5. The molecule has 0 amide bonds. The zero-order chi connectivity index (χ0) is 24.6. The lowest BCUT2D eigenvalue weighted by Gasteiger charge is -2.18. The first-order valence-electron chi connectivity index (χ1n) is 11.0. The molecule has 3 aromatic rings. The molecule has 176 valence electrons. The molecule has 0 spiro atoms. The third-order valence-corrected chi connectivity index (χ3v) is 6.91. The van der Waals surface area contributed by atoms with E-state index in [2.05, 4.69) is 0 Å². The summed E-state index contributed by atoms with van der Waals surface area (Å²) in [6.45, 7) is 3.87. The second-order valence-electron chi connectivity index (χ2n) is 8.77. The fourth-order valence-corrected chi connectivity index (χ4v) is 4.82. The summed E-state index contributed by atoms with van der Waals surface area (Å²) in [5, 5.41) is 41.6. The molecular formula is C28H26Cl2O4. The summed E-state index contributed by atoms with van der Waals surface area (Å²) in [4.78, 5) is 0. The number of hydrogen-bond acceptors (Lipinski definition) is 4. The van der Waals surface area contributed by atoms with Gasteiger partial charge in [0, 0.05) is 22.9 Å². The van der Waals surface area contributed by atoms with E-state index in [0.717, 1.165) is 39.0 Å². The highest BCUT2D eigenvalue weighted by Crippen LogP contribution is 2.38. The average molecular weight is 497 g/mol. The Morgan fingerprint density at radius 2 is 1.38 bits per heavy atom. The predicted octanol–water partition coefficient (Wildman–Crippen LogP) is 6.69. The zero-order valence-corrected chi connectivity index (χ0v) is 20.5. The van der Waals surface area contributed by atoms with Crippen LogP contribution in [0.3, 0.4) is 0 Å². The van der Waals surface area contributed by atoms with Crippen LogP contribution in [-0.4, -0.2) is 26.5 Å². The van der Waals surface area contributed by atoms with Gasteiger partial charge in [0.25, 0.3) is 0 Å². The molecule has 1 aliphatic rings. The third-order valence-electron chi connectivity index (χ3n) is 6.19. The van der Waals surface area contributed by atoms with E-state index in [1.165, 1.54) is 6.07 Å². The molecule has 4 nitrogen and oxygen atoms in total. The van der Waals surface area contributed by atoms with E-state index in [-0.39, 0.29) is 17.2 Å². The van der Waals surface area contributed by atoms with E-state index in [4.69, 9.17) is 23.2 Å². The Kier molecular flexibility index (Phi) is 6.94. The van der Waals surface area contributed by atoms with Gasteiger partial charge in [0.05, 0.1) is 6.10 Å². The molecule has 34 heavy (non-hydrogen) atoms. The Labute approximate surface area is 209 Å². The van der Waals surface area contributed by atoms with Crippen LogP contribution >= 0.6 is 23.2 Å². The molecule has 0 aliphatic heterocycles. The Hall–Kier alpha value is -2.92. The number of aromatic hydroxyl groups is 3. The second kappa shape index (κ2) is 9.75. The van der Waals surface area contributed by atoms with Gasteiger partial charge in [-0.05, 0) is 107 Å². The van der Waals surface area contributed by atoms with Crippen molar-refractivity contribution < 1.29 is 20.4 Å². The fourth-order valence-electron chi connectivity index (χ4n) is 4.29. The number of allylic oxidation sites excluding steroid dienone is 2. The van der Waals surface area contributed by atoms with Crippen LogP contribution in [0.5, 0.6) is 17.2 Å². The predicted molar refractivity (Wildman–Crippen MR) is 137 cm³/mol. The number of aliphatic hydroxyl groups is 1. The molecular weight excluding hydrogens is 471 g/mol. The lowest BCUT2D eigenvalue weighted by atomic mass is 9.89. The van der Waals surface area contributed by atoms with Gasteiger partial charge < -0.3 is 20.4 Å². The van der Waals surface area contributed by atoms with Crippen LogP contribution in [0.1, 0.15) is 34.2 Å². The van der Waals surface area contributed by atoms with Crippen LogP contribution < -0.4 is 0 Å². The van der Waals surface area contributed by atoms with Gasteiger partial charge in [0.15, 0.2) is 0 Å². The number of aliphatic hydroxyl groups excluding tert-OH is 1. The van der Waals surface area contributed by atoms with Crippen molar-refractivity contribution in [2.24, 2.45) is 0 Å². The van der Waals surface area contributed by atoms with E-state index in [9.17, 15) is 20.4 Å². The van der Waals surface area contributed by atoms with Gasteiger partial charge in [-0.25, -0.2) is 0 Å². The van der Waals surface area contributed by atoms with E-state index >= 15 is 0 Å². The molecule has 0 aromatic heterocycles. The normalized spacial score (nSPS) is 15.7. The molecule has 1 aliphatic carbocycles. The minimum Gasteiger partial charge on any atom is -0.508 e. The number of phenols is 3. The molecule has 6 heteroatoms. The van der Waals surface area contributed by atoms with Crippen LogP contribution in [0.25, 0.3) is 11.1 Å². The standard InChI is InChI=1S/C28H26Cl2O4/c1-15-7-27(33)19(9-17-3-5-21(31)13-25(17)29)11-23(15)24-12-20(28(34)8-16(24)2)10-18-4-6-22(32)14-26(18)30/h3-5,7-8,11-14,22,31-34H,6,9-10H2,1-2H3. The van der Waals surface area contributed by atoms with E-state index in [1.54, 1.807) is 30.3 Å². The van der Waals surface area contributed by atoms with Crippen molar-refractivity contribution in [3.05, 3.63) is 98.1 Å². The maximum absolute atomic E-state index is 10.6. The van der Waals surface area contributed by atoms with Crippen molar-refractivity contribution in [3.8, 4) is 28.4 Å².